The van der Waals surface area contributed by atoms with E-state index in [4.69, 9.17) is 74.3 Å². The van der Waals surface area contributed by atoms with Crippen molar-refractivity contribution in [2.45, 2.75) is 43.8 Å². The van der Waals surface area contributed by atoms with Crippen LogP contribution in [0, 0.1) is 29.6 Å². The minimum Gasteiger partial charge on any atom is -0.462 e. The number of rotatable bonds is 1. The fraction of sp³-hybridized carbons (Fsp3) is 0.929. The van der Waals surface area contributed by atoms with E-state index in [1.165, 1.54) is 6.92 Å². The summed E-state index contributed by atoms with van der Waals surface area (Å²) in [6, 6.07) is 0. The van der Waals surface area contributed by atoms with Crippen molar-refractivity contribution >= 4 is 75.6 Å². The first kappa shape index (κ1) is 15.5. The molecule has 0 radical (unpaired) electrons. The van der Waals surface area contributed by atoms with Crippen molar-refractivity contribution in [3.8, 4) is 0 Å². The van der Waals surface area contributed by atoms with Crippen LogP contribution in [0.15, 0.2) is 0 Å². The predicted molar refractivity (Wildman–Crippen MR) is 87.5 cm³/mol. The van der Waals surface area contributed by atoms with E-state index in [2.05, 4.69) is 0 Å². The molecule has 0 aromatic heterocycles. The Hall–Kier alpha value is 1.21. The van der Waals surface area contributed by atoms with Crippen LogP contribution >= 0.6 is 69.6 Å². The average Bonchev–Trinajstić information content (AvgIpc) is 3.04. The highest BCUT2D eigenvalue weighted by atomic mass is 35.5. The molecular weight excluding hydrogens is 413 g/mol. The molecule has 8 heteroatoms. The molecule has 5 fully saturated rings. The highest BCUT2D eigenvalue weighted by molar-refractivity contribution is 6.63. The Morgan fingerprint density at radius 1 is 1.00 bits per heavy atom. The maximum absolute atomic E-state index is 11.5. The Labute approximate surface area is 158 Å². The number of fused-ring (bicyclic) bond motifs is 5. The van der Waals surface area contributed by atoms with Crippen LogP contribution in [0.5, 0.6) is 0 Å². The van der Waals surface area contributed by atoms with Crippen LogP contribution in [0.2, 0.25) is 0 Å². The van der Waals surface area contributed by atoms with Gasteiger partial charge in [0.1, 0.15) is 15.9 Å². The van der Waals surface area contributed by atoms with Crippen LogP contribution in [-0.4, -0.2) is 36.4 Å². The van der Waals surface area contributed by atoms with Crippen molar-refractivity contribution in [3.05, 3.63) is 0 Å². The number of halogens is 6. The molecule has 122 valence electrons. The highest BCUT2D eigenvalue weighted by Gasteiger charge is 3.00. The summed E-state index contributed by atoms with van der Waals surface area (Å²) < 4.78 is 4.21. The van der Waals surface area contributed by atoms with Gasteiger partial charge in [-0.05, 0) is 24.2 Å². The molecule has 2 nitrogen and oxygen atoms in total. The van der Waals surface area contributed by atoms with E-state index >= 15 is 0 Å². The number of carbonyl (C=O) groups excluding carboxylic acids is 1. The fourth-order valence-electron chi connectivity index (χ4n) is 6.80. The molecule has 0 heterocycles. The molecule has 0 amide bonds. The van der Waals surface area contributed by atoms with Gasteiger partial charge in [-0.3, -0.25) is 4.79 Å². The molecule has 0 aromatic carbocycles. The number of alkyl halides is 6. The summed E-state index contributed by atoms with van der Waals surface area (Å²) in [6.07, 6.45) is 0.594. The van der Waals surface area contributed by atoms with Crippen LogP contribution in [0.25, 0.3) is 0 Å². The zero-order valence-corrected chi connectivity index (χ0v) is 15.9. The van der Waals surface area contributed by atoms with Gasteiger partial charge in [-0.1, -0.05) is 23.2 Å². The van der Waals surface area contributed by atoms with Crippen LogP contribution in [0.4, 0.5) is 0 Å². The standard InChI is InChI=1S/C14H12Cl6O2/c1-3(21)22-9-5-2-4-7-6(5)12(17)10(15)11(16,8(4)9)13(7,18)14(12,19)20/h4-10H,2H2,1H3/t4?,5?,6?,7?,8?,9-,10?,11?,12?,13?/m1/s1. The zero-order chi connectivity index (χ0) is 16.0. The summed E-state index contributed by atoms with van der Waals surface area (Å²) in [5, 5.41) is -0.671. The lowest BCUT2D eigenvalue weighted by Gasteiger charge is -2.41. The number of hydrogen-bond acceptors (Lipinski definition) is 2. The normalized spacial score (nSPS) is 68.2. The lowest BCUT2D eigenvalue weighted by Crippen LogP contribution is -2.54. The van der Waals surface area contributed by atoms with Crippen molar-refractivity contribution in [1.82, 2.24) is 0 Å². The molecule has 4 bridgehead atoms. The Balaban J connectivity index is 1.79. The molecule has 5 aliphatic rings. The van der Waals surface area contributed by atoms with Gasteiger partial charge < -0.3 is 4.74 Å². The second-order valence-electron chi connectivity index (χ2n) is 7.40. The van der Waals surface area contributed by atoms with E-state index in [1.54, 1.807) is 0 Å². The van der Waals surface area contributed by atoms with Gasteiger partial charge in [-0.25, -0.2) is 0 Å². The third-order valence-corrected chi connectivity index (χ3v) is 12.0. The summed E-state index contributed by atoms with van der Waals surface area (Å²) >= 11 is 41.1. The van der Waals surface area contributed by atoms with E-state index in [-0.39, 0.29) is 41.7 Å². The van der Waals surface area contributed by atoms with Crippen molar-refractivity contribution < 1.29 is 9.53 Å². The number of carbonyl (C=O) groups is 1. The van der Waals surface area contributed by atoms with Gasteiger partial charge >= 0.3 is 5.97 Å². The Morgan fingerprint density at radius 3 is 2.23 bits per heavy atom. The van der Waals surface area contributed by atoms with Gasteiger partial charge in [0, 0.05) is 18.8 Å². The molecule has 0 saturated heterocycles. The smallest absolute Gasteiger partial charge is 0.302 e. The van der Waals surface area contributed by atoms with Gasteiger partial charge in [0.15, 0.2) is 4.33 Å². The molecule has 5 saturated carbocycles. The molecule has 22 heavy (non-hydrogen) atoms. The zero-order valence-electron chi connectivity index (χ0n) is 11.3. The van der Waals surface area contributed by atoms with Crippen molar-refractivity contribution in [2.24, 2.45) is 29.6 Å². The van der Waals surface area contributed by atoms with Crippen LogP contribution in [0.3, 0.4) is 0 Å². The Bertz CT molecular complexity index is 626. The fourth-order valence-corrected chi connectivity index (χ4v) is 10.9. The van der Waals surface area contributed by atoms with Crippen LogP contribution in [-0.2, 0) is 9.53 Å². The summed E-state index contributed by atoms with van der Waals surface area (Å²) in [7, 11) is 0. The van der Waals surface area contributed by atoms with Gasteiger partial charge in [-0.2, -0.15) is 0 Å². The number of ether oxygens (including phenoxy) is 1. The van der Waals surface area contributed by atoms with E-state index in [1.807, 2.05) is 0 Å². The molecule has 0 N–H and O–H groups in total. The maximum Gasteiger partial charge on any atom is 0.302 e. The summed E-state index contributed by atoms with van der Waals surface area (Å²) in [5.41, 5.74) is 0. The Morgan fingerprint density at radius 2 is 1.64 bits per heavy atom. The van der Waals surface area contributed by atoms with E-state index in [0.717, 1.165) is 6.42 Å². The van der Waals surface area contributed by atoms with Crippen LogP contribution in [0.1, 0.15) is 13.3 Å². The molecular formula is C14H12Cl6O2. The van der Waals surface area contributed by atoms with E-state index < -0.39 is 24.3 Å². The largest absolute Gasteiger partial charge is 0.462 e. The summed E-state index contributed by atoms with van der Waals surface area (Å²) in [6.45, 7) is 1.40. The number of hydrogen-bond donors (Lipinski definition) is 0. The average molecular weight is 425 g/mol. The molecule has 10 atom stereocenters. The van der Waals surface area contributed by atoms with Crippen LogP contribution < -0.4 is 0 Å². The lowest BCUT2D eigenvalue weighted by molar-refractivity contribution is -0.152. The van der Waals surface area contributed by atoms with Gasteiger partial charge in [0.05, 0.1) is 10.3 Å². The molecule has 9 unspecified atom stereocenters. The van der Waals surface area contributed by atoms with Gasteiger partial charge in [-0.15, -0.1) is 46.4 Å². The first-order valence-electron chi connectivity index (χ1n) is 7.32. The quantitative estimate of drug-likeness (QED) is 0.466. The second-order valence-corrected chi connectivity index (χ2v) is 11.0. The summed E-state index contributed by atoms with van der Waals surface area (Å²) in [4.78, 5) is 8.27. The topological polar surface area (TPSA) is 26.3 Å². The predicted octanol–water partition coefficient (Wildman–Crippen LogP) is 4.17. The number of esters is 1. The third-order valence-electron chi connectivity index (χ3n) is 7.06. The first-order chi connectivity index (χ1) is 10.1. The van der Waals surface area contributed by atoms with E-state index in [9.17, 15) is 4.79 Å². The first-order valence-corrected chi connectivity index (χ1v) is 9.64. The Kier molecular flexibility index (Phi) is 2.68. The molecule has 0 spiro atoms. The molecule has 5 rings (SSSR count). The van der Waals surface area contributed by atoms with Crippen molar-refractivity contribution in [3.63, 3.8) is 0 Å². The SMILES string of the molecule is CC(=O)O[C@@H]1C2CC3C1C1(Cl)C(Cl)C4(Cl)C2C3C1(Cl)C4(Cl)Cl. The minimum absolute atomic E-state index is 0.0241. The highest BCUT2D eigenvalue weighted by Crippen LogP contribution is 2.91. The molecule has 0 aromatic rings. The molecule has 0 aliphatic heterocycles. The second kappa shape index (κ2) is 3.81. The maximum atomic E-state index is 11.5. The molecule has 5 aliphatic carbocycles. The third kappa shape index (κ3) is 1.06. The van der Waals surface area contributed by atoms with Gasteiger partial charge in [0.25, 0.3) is 0 Å². The lowest BCUT2D eigenvalue weighted by atomic mass is 9.76. The summed E-state index contributed by atoms with van der Waals surface area (Å²) in [5.74, 6) is -0.251. The van der Waals surface area contributed by atoms with Crippen molar-refractivity contribution in [2.75, 3.05) is 0 Å². The van der Waals surface area contributed by atoms with E-state index in [0.29, 0.717) is 0 Å². The minimum atomic E-state index is -1.40. The van der Waals surface area contributed by atoms with Gasteiger partial charge in [0.2, 0.25) is 0 Å². The monoisotopic (exact) mass is 422 g/mol. The van der Waals surface area contributed by atoms with Crippen molar-refractivity contribution in [1.29, 1.82) is 0 Å².